The first-order chi connectivity index (χ1) is 3.56. The minimum atomic E-state index is -2.71. The molecule has 0 aliphatic rings. The monoisotopic (exact) mass is 206 g/mol. The van der Waals surface area contributed by atoms with Crippen LogP contribution in [0, 0.1) is 11.5 Å². The van der Waals surface area contributed by atoms with E-state index in [9.17, 15) is 0 Å². The average molecular weight is 208 g/mol. The van der Waals surface area contributed by atoms with E-state index in [2.05, 4.69) is 11.5 Å². The molecular formula is C3H2Cl4Si. The van der Waals surface area contributed by atoms with E-state index in [4.69, 9.17) is 44.8 Å². The van der Waals surface area contributed by atoms with E-state index in [1.807, 2.05) is 0 Å². The molecule has 0 aliphatic heterocycles. The largest absolute Gasteiger partial charge is 0.422 e. The van der Waals surface area contributed by atoms with Crippen molar-refractivity contribution in [2.24, 2.45) is 0 Å². The van der Waals surface area contributed by atoms with Gasteiger partial charge in [-0.25, -0.2) is 0 Å². The molecule has 46 valence electrons. The minimum Gasteiger partial charge on any atom is -0.113 e. The standard InChI is InChI=1S/C3H2Cl4Si/c4-2-1-3-8(5,6)7/h2H2. The van der Waals surface area contributed by atoms with Crippen molar-refractivity contribution >= 4 is 50.8 Å². The van der Waals surface area contributed by atoms with Gasteiger partial charge in [-0.2, -0.15) is 0 Å². The van der Waals surface area contributed by atoms with E-state index < -0.39 is 6.00 Å². The Morgan fingerprint density at radius 1 is 1.25 bits per heavy atom. The topological polar surface area (TPSA) is 0 Å². The van der Waals surface area contributed by atoms with Crippen molar-refractivity contribution in [2.45, 2.75) is 0 Å². The van der Waals surface area contributed by atoms with Crippen LogP contribution in [0.5, 0.6) is 0 Å². The fraction of sp³-hybridized carbons (Fsp3) is 0.333. The Kier molecular flexibility index (Phi) is 4.32. The third-order valence-corrected chi connectivity index (χ3v) is 1.74. The summed E-state index contributed by atoms with van der Waals surface area (Å²) < 4.78 is 0. The molecule has 0 heterocycles. The summed E-state index contributed by atoms with van der Waals surface area (Å²) in [5, 5.41) is 0. The zero-order valence-electron chi connectivity index (χ0n) is 3.72. The highest BCUT2D eigenvalue weighted by Crippen LogP contribution is 2.17. The summed E-state index contributed by atoms with van der Waals surface area (Å²) in [6.07, 6.45) is 0. The van der Waals surface area contributed by atoms with Gasteiger partial charge in [0.05, 0.1) is 5.88 Å². The summed E-state index contributed by atoms with van der Waals surface area (Å²) in [4.78, 5) is 0. The highest BCUT2D eigenvalue weighted by Gasteiger charge is 2.20. The summed E-state index contributed by atoms with van der Waals surface area (Å²) in [7, 11) is 0. The molecule has 0 bridgehead atoms. The van der Waals surface area contributed by atoms with Gasteiger partial charge in [-0.1, -0.05) is 11.5 Å². The van der Waals surface area contributed by atoms with E-state index in [1.54, 1.807) is 0 Å². The van der Waals surface area contributed by atoms with Gasteiger partial charge in [-0.3, -0.25) is 0 Å². The Hall–Kier alpha value is 0.937. The highest BCUT2D eigenvalue weighted by molar-refractivity contribution is 7.67. The van der Waals surface area contributed by atoms with Crippen LogP contribution in [0.3, 0.4) is 0 Å². The first-order valence-electron chi connectivity index (χ1n) is 1.69. The predicted molar refractivity (Wildman–Crippen MR) is 41.8 cm³/mol. The van der Waals surface area contributed by atoms with Crippen LogP contribution in [-0.2, 0) is 0 Å². The van der Waals surface area contributed by atoms with Crippen LogP contribution < -0.4 is 0 Å². The molecule has 8 heavy (non-hydrogen) atoms. The first kappa shape index (κ1) is 8.94. The predicted octanol–water partition coefficient (Wildman–Crippen LogP) is 2.42. The van der Waals surface area contributed by atoms with Crippen LogP contribution in [0.15, 0.2) is 0 Å². The SMILES string of the molecule is ClCC#C[Si](Cl)(Cl)Cl. The van der Waals surface area contributed by atoms with Gasteiger partial charge in [-0.05, 0) is 0 Å². The van der Waals surface area contributed by atoms with Gasteiger partial charge >= 0.3 is 6.00 Å². The maximum absolute atomic E-state index is 5.35. The Balaban J connectivity index is 3.69. The molecule has 0 saturated heterocycles. The summed E-state index contributed by atoms with van der Waals surface area (Å²) >= 11 is 21.2. The van der Waals surface area contributed by atoms with Crippen molar-refractivity contribution in [1.29, 1.82) is 0 Å². The Labute approximate surface area is 68.2 Å². The Bertz CT molecular complexity index is 115. The van der Waals surface area contributed by atoms with Crippen molar-refractivity contribution in [2.75, 3.05) is 5.88 Å². The van der Waals surface area contributed by atoms with Crippen molar-refractivity contribution in [1.82, 2.24) is 0 Å². The first-order valence-corrected chi connectivity index (χ1v) is 7.26. The van der Waals surface area contributed by atoms with Crippen LogP contribution in [0.1, 0.15) is 0 Å². The molecule has 0 rings (SSSR count). The molecule has 5 heteroatoms. The molecule has 0 spiro atoms. The van der Waals surface area contributed by atoms with Crippen LogP contribution in [0.25, 0.3) is 0 Å². The summed E-state index contributed by atoms with van der Waals surface area (Å²) in [5.41, 5.74) is 2.42. The number of rotatable bonds is 0. The quantitative estimate of drug-likeness (QED) is 0.248. The summed E-state index contributed by atoms with van der Waals surface area (Å²) in [5.74, 6) is 2.69. The van der Waals surface area contributed by atoms with Crippen LogP contribution in [-0.4, -0.2) is 11.9 Å². The molecule has 0 saturated carbocycles. The van der Waals surface area contributed by atoms with Crippen LogP contribution in [0.2, 0.25) is 0 Å². The molecule has 0 N–H and O–H groups in total. The molecule has 0 atom stereocenters. The molecular weight excluding hydrogens is 206 g/mol. The molecule has 0 aromatic carbocycles. The smallest absolute Gasteiger partial charge is 0.113 e. The van der Waals surface area contributed by atoms with Crippen LogP contribution >= 0.6 is 44.8 Å². The molecule has 0 aromatic heterocycles. The number of hydrogen-bond acceptors (Lipinski definition) is 0. The van der Waals surface area contributed by atoms with Gasteiger partial charge in [0.1, 0.15) is 0 Å². The van der Waals surface area contributed by atoms with E-state index in [-0.39, 0.29) is 5.88 Å². The van der Waals surface area contributed by atoms with Gasteiger partial charge in [0.2, 0.25) is 0 Å². The zero-order chi connectivity index (χ0) is 6.62. The Morgan fingerprint density at radius 3 is 1.88 bits per heavy atom. The van der Waals surface area contributed by atoms with Gasteiger partial charge in [0.25, 0.3) is 0 Å². The summed E-state index contributed by atoms with van der Waals surface area (Å²) in [6, 6.07) is -2.71. The number of hydrogen-bond donors (Lipinski definition) is 0. The second-order valence-electron chi connectivity index (χ2n) is 0.933. The second kappa shape index (κ2) is 3.87. The maximum Gasteiger partial charge on any atom is 0.422 e. The fourth-order valence-corrected chi connectivity index (χ4v) is 1.20. The lowest BCUT2D eigenvalue weighted by Gasteiger charge is -1.90. The third kappa shape index (κ3) is 6.94. The van der Waals surface area contributed by atoms with Crippen molar-refractivity contribution in [3.05, 3.63) is 0 Å². The maximum atomic E-state index is 5.35. The van der Waals surface area contributed by atoms with E-state index in [0.717, 1.165) is 0 Å². The van der Waals surface area contributed by atoms with Crippen LogP contribution in [0.4, 0.5) is 0 Å². The molecule has 0 aromatic rings. The van der Waals surface area contributed by atoms with E-state index in [0.29, 0.717) is 0 Å². The van der Waals surface area contributed by atoms with Gasteiger partial charge < -0.3 is 0 Å². The number of halogens is 4. The fourth-order valence-electron chi connectivity index (χ4n) is 0.134. The molecule has 0 fully saturated rings. The number of alkyl halides is 1. The minimum absolute atomic E-state index is 0.223. The van der Waals surface area contributed by atoms with Crippen molar-refractivity contribution < 1.29 is 0 Å². The molecule has 0 amide bonds. The van der Waals surface area contributed by atoms with E-state index >= 15 is 0 Å². The molecule has 0 unspecified atom stereocenters. The van der Waals surface area contributed by atoms with Gasteiger partial charge in [0, 0.05) is 0 Å². The Morgan fingerprint density at radius 2 is 1.75 bits per heavy atom. The normalized spacial score (nSPS) is 10.0. The second-order valence-corrected chi connectivity index (χ2v) is 9.29. The van der Waals surface area contributed by atoms with Crippen molar-refractivity contribution in [3.63, 3.8) is 0 Å². The van der Waals surface area contributed by atoms with Gasteiger partial charge in [-0.15, -0.1) is 44.8 Å². The van der Waals surface area contributed by atoms with Crippen molar-refractivity contribution in [3.8, 4) is 11.5 Å². The van der Waals surface area contributed by atoms with Gasteiger partial charge in [0.15, 0.2) is 0 Å². The van der Waals surface area contributed by atoms with E-state index in [1.165, 1.54) is 0 Å². The lowest BCUT2D eigenvalue weighted by atomic mass is 10.8. The molecule has 0 nitrogen and oxygen atoms in total. The summed E-state index contributed by atoms with van der Waals surface area (Å²) in [6.45, 7) is 0. The lowest BCUT2D eigenvalue weighted by Crippen LogP contribution is -2.04. The zero-order valence-corrected chi connectivity index (χ0v) is 7.74. The third-order valence-electron chi connectivity index (χ3n) is 0.297. The average Bonchev–Trinajstić information content (AvgIpc) is 1.59. The highest BCUT2D eigenvalue weighted by atomic mass is 35.8. The molecule has 0 radical (unpaired) electrons. The lowest BCUT2D eigenvalue weighted by molar-refractivity contribution is 1.93. The molecule has 0 aliphatic carbocycles.